The summed E-state index contributed by atoms with van der Waals surface area (Å²) in [5, 5.41) is 0. The van der Waals surface area contributed by atoms with Crippen molar-refractivity contribution in [3.8, 4) is 12.5 Å². The zero-order chi connectivity index (χ0) is 7.11. The van der Waals surface area contributed by atoms with E-state index in [1.807, 2.05) is 6.92 Å². The van der Waals surface area contributed by atoms with E-state index in [4.69, 9.17) is 22.8 Å². The van der Waals surface area contributed by atoms with Crippen molar-refractivity contribution >= 4 is 11.6 Å². The lowest BCUT2D eigenvalue weighted by Crippen LogP contribution is -2.02. The smallest absolute Gasteiger partial charge is 0.129 e. The minimum Gasteiger partial charge on any atom is -0.439 e. The monoisotopic (exact) mass is 144 g/mol. The molecule has 0 spiro atoms. The summed E-state index contributed by atoms with van der Waals surface area (Å²) in [6.45, 7) is 1.97. The minimum atomic E-state index is -0.0347. The largest absolute Gasteiger partial charge is 0.439 e. The van der Waals surface area contributed by atoms with E-state index in [1.165, 1.54) is 5.54 Å². The average molecular weight is 145 g/mol. The Kier molecular flexibility index (Phi) is 5.15. The summed E-state index contributed by atoms with van der Waals surface area (Å²) in [5.74, 6) is 0. The quantitative estimate of drug-likeness (QED) is 0.552. The molecule has 1 unspecified atom stereocenters. The van der Waals surface area contributed by atoms with E-state index in [1.54, 1.807) is 6.08 Å². The summed E-state index contributed by atoms with van der Waals surface area (Å²) in [6, 6.07) is 0. The van der Waals surface area contributed by atoms with E-state index in [2.05, 4.69) is 6.11 Å². The lowest BCUT2D eigenvalue weighted by molar-refractivity contribution is 0.208. The van der Waals surface area contributed by atoms with Gasteiger partial charge in [0, 0.05) is 5.54 Å². The first kappa shape index (κ1) is 8.39. The van der Waals surface area contributed by atoms with Crippen molar-refractivity contribution in [1.29, 1.82) is 0 Å². The lowest BCUT2D eigenvalue weighted by atomic mass is 10.3. The fraction of sp³-hybridized carbons (Fsp3) is 0.429. The molecule has 1 nitrogen and oxygen atoms in total. The molecule has 0 aliphatic rings. The van der Waals surface area contributed by atoms with Crippen LogP contribution < -0.4 is 0 Å². The molecule has 0 aromatic heterocycles. The van der Waals surface area contributed by atoms with Gasteiger partial charge in [-0.3, -0.25) is 0 Å². The minimum absolute atomic E-state index is 0.0347. The Morgan fingerprint density at radius 2 is 2.56 bits per heavy atom. The van der Waals surface area contributed by atoms with Crippen molar-refractivity contribution in [2.24, 2.45) is 0 Å². The number of halogens is 1. The molecule has 0 fully saturated rings. The lowest BCUT2D eigenvalue weighted by Gasteiger charge is -2.04. The van der Waals surface area contributed by atoms with E-state index >= 15 is 0 Å². The molecule has 0 aromatic carbocycles. The van der Waals surface area contributed by atoms with E-state index in [9.17, 15) is 0 Å². The highest BCUT2D eigenvalue weighted by Crippen LogP contribution is 1.98. The summed E-state index contributed by atoms with van der Waals surface area (Å²) < 4.78 is 4.79. The molecule has 0 amide bonds. The van der Waals surface area contributed by atoms with Gasteiger partial charge in [0.05, 0.1) is 0 Å². The van der Waals surface area contributed by atoms with Crippen LogP contribution >= 0.6 is 11.6 Å². The fourth-order valence-corrected chi connectivity index (χ4v) is 0.589. The van der Waals surface area contributed by atoms with E-state index in [-0.39, 0.29) is 6.10 Å². The van der Waals surface area contributed by atoms with Gasteiger partial charge in [-0.15, -0.1) is 0 Å². The normalized spacial score (nSPS) is 13.0. The first-order valence-electron chi connectivity index (χ1n) is 2.73. The summed E-state index contributed by atoms with van der Waals surface area (Å²) in [4.78, 5) is 0. The molecule has 0 rings (SSSR count). The summed E-state index contributed by atoms with van der Waals surface area (Å²) in [6.07, 6.45) is 9.50. The van der Waals surface area contributed by atoms with Crippen molar-refractivity contribution in [2.45, 2.75) is 19.4 Å². The Bertz CT molecular complexity index is 123. The molecule has 0 heterocycles. The number of rotatable bonds is 3. The first-order valence-corrected chi connectivity index (χ1v) is 3.17. The van der Waals surface area contributed by atoms with Crippen LogP contribution in [0.2, 0.25) is 0 Å². The Balaban J connectivity index is 3.57. The van der Waals surface area contributed by atoms with Crippen molar-refractivity contribution in [3.63, 3.8) is 0 Å². The maximum atomic E-state index is 5.28. The Hall–Kier alpha value is -0.610. The van der Waals surface area contributed by atoms with Crippen LogP contribution in [0.3, 0.4) is 0 Å². The topological polar surface area (TPSA) is 9.23 Å². The van der Waals surface area contributed by atoms with Crippen LogP contribution in [0.25, 0.3) is 0 Å². The Labute approximate surface area is 60.7 Å². The van der Waals surface area contributed by atoms with Gasteiger partial charge < -0.3 is 4.74 Å². The molecule has 2 heteroatoms. The highest BCUT2D eigenvalue weighted by atomic mass is 35.5. The van der Waals surface area contributed by atoms with Crippen LogP contribution in [0.15, 0.2) is 11.6 Å². The molecule has 50 valence electrons. The van der Waals surface area contributed by atoms with Crippen molar-refractivity contribution in [1.82, 2.24) is 0 Å². The van der Waals surface area contributed by atoms with Gasteiger partial charge in [-0.2, -0.15) is 0 Å². The zero-order valence-corrected chi connectivity index (χ0v) is 6.06. The van der Waals surface area contributed by atoms with Crippen molar-refractivity contribution in [3.05, 3.63) is 11.6 Å². The number of hydrogen-bond acceptors (Lipinski definition) is 1. The molecule has 0 aliphatic heterocycles. The molecule has 0 radical (unpaired) electrons. The van der Waals surface area contributed by atoms with Crippen LogP contribution in [0, 0.1) is 12.5 Å². The standard InChI is InChI=1S/C7H9ClO/c1-3-7(5-6-8)9-4-2/h2,5-7H,3H2,1H3/b6-5-. The molecule has 0 aromatic rings. The van der Waals surface area contributed by atoms with E-state index < -0.39 is 0 Å². The first-order chi connectivity index (χ1) is 4.35. The van der Waals surface area contributed by atoms with Gasteiger partial charge >= 0.3 is 0 Å². The van der Waals surface area contributed by atoms with Gasteiger partial charge in [0.15, 0.2) is 0 Å². The van der Waals surface area contributed by atoms with E-state index in [0.29, 0.717) is 0 Å². The molecule has 0 aliphatic carbocycles. The second-order valence-electron chi connectivity index (χ2n) is 1.50. The third-order valence-electron chi connectivity index (χ3n) is 0.909. The molecule has 9 heavy (non-hydrogen) atoms. The fourth-order valence-electron chi connectivity index (χ4n) is 0.427. The third kappa shape index (κ3) is 3.93. The predicted molar refractivity (Wildman–Crippen MR) is 39.0 cm³/mol. The molecular weight excluding hydrogens is 136 g/mol. The molecule has 0 N–H and O–H groups in total. The third-order valence-corrected chi connectivity index (χ3v) is 1.05. The van der Waals surface area contributed by atoms with Crippen LogP contribution in [0.1, 0.15) is 13.3 Å². The molecule has 1 atom stereocenters. The maximum absolute atomic E-state index is 5.28. The van der Waals surface area contributed by atoms with Crippen LogP contribution in [0.5, 0.6) is 0 Å². The van der Waals surface area contributed by atoms with Gasteiger partial charge in [0.1, 0.15) is 12.2 Å². The van der Waals surface area contributed by atoms with Crippen LogP contribution in [0.4, 0.5) is 0 Å². The van der Waals surface area contributed by atoms with Gasteiger partial charge in [-0.25, -0.2) is 0 Å². The Morgan fingerprint density at radius 3 is 2.89 bits per heavy atom. The second kappa shape index (κ2) is 5.53. The van der Waals surface area contributed by atoms with Gasteiger partial charge in [0.2, 0.25) is 0 Å². The predicted octanol–water partition coefficient (Wildman–Crippen LogP) is 2.12. The van der Waals surface area contributed by atoms with E-state index in [0.717, 1.165) is 6.42 Å². The highest BCUT2D eigenvalue weighted by Gasteiger charge is 1.97. The second-order valence-corrected chi connectivity index (χ2v) is 1.75. The van der Waals surface area contributed by atoms with Crippen molar-refractivity contribution in [2.75, 3.05) is 0 Å². The Morgan fingerprint density at radius 1 is 1.89 bits per heavy atom. The zero-order valence-electron chi connectivity index (χ0n) is 5.30. The molecule has 0 bridgehead atoms. The average Bonchev–Trinajstić information content (AvgIpc) is 1.88. The van der Waals surface area contributed by atoms with Gasteiger partial charge in [-0.1, -0.05) is 24.9 Å². The summed E-state index contributed by atoms with van der Waals surface area (Å²) in [7, 11) is 0. The molecular formula is C7H9ClO. The molecule has 0 saturated heterocycles. The summed E-state index contributed by atoms with van der Waals surface area (Å²) in [5.41, 5.74) is 1.41. The van der Waals surface area contributed by atoms with Crippen LogP contribution in [-0.2, 0) is 4.74 Å². The van der Waals surface area contributed by atoms with Gasteiger partial charge in [-0.05, 0) is 12.5 Å². The highest BCUT2D eigenvalue weighted by molar-refractivity contribution is 6.25. The maximum Gasteiger partial charge on any atom is 0.129 e. The number of hydrogen-bond donors (Lipinski definition) is 0. The summed E-state index contributed by atoms with van der Waals surface area (Å²) >= 11 is 5.28. The number of ether oxygens (including phenoxy) is 1. The van der Waals surface area contributed by atoms with Crippen LogP contribution in [-0.4, -0.2) is 6.10 Å². The van der Waals surface area contributed by atoms with Crippen molar-refractivity contribution < 1.29 is 4.74 Å². The molecule has 0 saturated carbocycles. The van der Waals surface area contributed by atoms with Gasteiger partial charge in [0.25, 0.3) is 0 Å². The SMILES string of the molecule is C#COC(/C=C\Cl)CC. The number of terminal acetylenes is 1.